The van der Waals surface area contributed by atoms with Crippen LogP contribution < -0.4 is 5.32 Å². The number of hydrogen-bond acceptors (Lipinski definition) is 2. The number of anilines is 2. The van der Waals surface area contributed by atoms with Gasteiger partial charge in [0, 0.05) is 31.5 Å². The van der Waals surface area contributed by atoms with Gasteiger partial charge in [0.1, 0.15) is 0 Å². The highest BCUT2D eigenvalue weighted by molar-refractivity contribution is 7.25. The molecule has 0 saturated carbocycles. The first-order valence-corrected chi connectivity index (χ1v) is 21.7. The molecule has 1 nitrogen and oxygen atoms in total. The van der Waals surface area contributed by atoms with Crippen molar-refractivity contribution in [1.82, 2.24) is 0 Å². The molecule has 10 aromatic carbocycles. The van der Waals surface area contributed by atoms with Crippen LogP contribution in [0.3, 0.4) is 0 Å². The Hall–Kier alpha value is -7.52. The average molecular weight is 798 g/mol. The van der Waals surface area contributed by atoms with Crippen LogP contribution in [0.4, 0.5) is 11.4 Å². The van der Waals surface area contributed by atoms with Gasteiger partial charge in [0.15, 0.2) is 0 Å². The largest absolute Gasteiger partial charge is 0.356 e. The molecule has 11 aromatic rings. The molecule has 11 rings (SSSR count). The van der Waals surface area contributed by atoms with E-state index in [9.17, 15) is 0 Å². The van der Waals surface area contributed by atoms with E-state index in [-0.39, 0.29) is 0 Å². The Balaban J connectivity index is 0.000000179. The van der Waals surface area contributed by atoms with Crippen LogP contribution in [0.1, 0.15) is 12.5 Å². The number of benzene rings is 10. The summed E-state index contributed by atoms with van der Waals surface area (Å²) in [6.45, 7) is 2.03. The number of hydrogen-bond donors (Lipinski definition) is 1. The van der Waals surface area contributed by atoms with Crippen molar-refractivity contribution >= 4 is 81.3 Å². The first-order chi connectivity index (χ1) is 30.2. The Morgan fingerprint density at radius 2 is 0.902 bits per heavy atom. The number of allylic oxidation sites excluding steroid dienone is 3. The van der Waals surface area contributed by atoms with Crippen molar-refractivity contribution in [2.24, 2.45) is 0 Å². The Morgan fingerprint density at radius 1 is 0.361 bits per heavy atom. The Morgan fingerprint density at radius 3 is 1.64 bits per heavy atom. The van der Waals surface area contributed by atoms with Crippen molar-refractivity contribution in [3.63, 3.8) is 0 Å². The summed E-state index contributed by atoms with van der Waals surface area (Å²) in [5.41, 5.74) is 10.9. The second kappa shape index (κ2) is 17.0. The summed E-state index contributed by atoms with van der Waals surface area (Å²) >= 11 is 1.86. The van der Waals surface area contributed by atoms with Gasteiger partial charge in [0.25, 0.3) is 0 Å². The molecule has 0 radical (unpaired) electrons. The van der Waals surface area contributed by atoms with Gasteiger partial charge in [-0.05, 0) is 139 Å². The van der Waals surface area contributed by atoms with Crippen LogP contribution in [-0.4, -0.2) is 0 Å². The Labute approximate surface area is 361 Å². The molecular formula is C59H43NS. The fourth-order valence-corrected chi connectivity index (χ4v) is 9.50. The molecular weight excluding hydrogens is 755 g/mol. The quantitative estimate of drug-likeness (QED) is 0.125. The van der Waals surface area contributed by atoms with E-state index in [0.29, 0.717) is 0 Å². The van der Waals surface area contributed by atoms with Crippen LogP contribution in [0.5, 0.6) is 0 Å². The van der Waals surface area contributed by atoms with Gasteiger partial charge in [0.2, 0.25) is 0 Å². The lowest BCUT2D eigenvalue weighted by Gasteiger charge is -2.12. The zero-order chi connectivity index (χ0) is 41.0. The maximum Gasteiger partial charge on any atom is 0.0384 e. The topological polar surface area (TPSA) is 12.0 Å². The van der Waals surface area contributed by atoms with Gasteiger partial charge in [-0.2, -0.15) is 0 Å². The Bertz CT molecular complexity index is 3370. The lowest BCUT2D eigenvalue weighted by molar-refractivity contribution is 1.54. The normalized spacial score (nSPS) is 11.6. The molecule has 1 aromatic heterocycles. The first-order valence-electron chi connectivity index (χ1n) is 20.9. The summed E-state index contributed by atoms with van der Waals surface area (Å²) in [6, 6.07) is 76.3. The summed E-state index contributed by atoms with van der Waals surface area (Å²) in [7, 11) is 0. The van der Waals surface area contributed by atoms with Crippen LogP contribution in [-0.2, 0) is 0 Å². The van der Waals surface area contributed by atoms with Crippen molar-refractivity contribution in [1.29, 1.82) is 0 Å². The standard InChI is InChI=1S/C38H25NS.C21H18/c1-2-8-31-28(7-1)24-35(33-10-4-3-9-32(31)33)26-15-20-30(21-16-26)39-29-18-13-25(14-19-29)27-17-22-38-36(23-27)34-11-5-6-12-37(34)40-38;1-2-3-5-10-17-15-19-13-8-9-14-20(19)21(16-17)18-11-6-4-7-12-18/h1-24,39H;2-16H,1H3/b;3-2-,10-5-. The minimum Gasteiger partial charge on any atom is -0.356 e. The molecule has 0 bridgehead atoms. The Kier molecular flexibility index (Phi) is 10.5. The van der Waals surface area contributed by atoms with E-state index in [0.717, 1.165) is 11.4 Å². The summed E-state index contributed by atoms with van der Waals surface area (Å²) in [5, 5.41) is 14.0. The second-order valence-electron chi connectivity index (χ2n) is 15.3. The highest BCUT2D eigenvalue weighted by Gasteiger charge is 2.10. The molecule has 1 N–H and O–H groups in total. The van der Waals surface area contributed by atoms with E-state index in [1.807, 2.05) is 24.3 Å². The predicted octanol–water partition coefficient (Wildman–Crippen LogP) is 17.5. The van der Waals surface area contributed by atoms with Gasteiger partial charge in [-0.3, -0.25) is 0 Å². The first kappa shape index (κ1) is 37.7. The highest BCUT2D eigenvalue weighted by atomic mass is 32.1. The van der Waals surface area contributed by atoms with Crippen molar-refractivity contribution in [2.45, 2.75) is 6.92 Å². The summed E-state index contributed by atoms with van der Waals surface area (Å²) in [5.74, 6) is 0. The van der Waals surface area contributed by atoms with Crippen LogP contribution in [0.15, 0.2) is 231 Å². The van der Waals surface area contributed by atoms with E-state index in [4.69, 9.17) is 0 Å². The van der Waals surface area contributed by atoms with E-state index in [1.165, 1.54) is 91.4 Å². The van der Waals surface area contributed by atoms with Crippen molar-refractivity contribution in [3.8, 4) is 33.4 Å². The second-order valence-corrected chi connectivity index (χ2v) is 16.4. The van der Waals surface area contributed by atoms with Gasteiger partial charge in [-0.1, -0.05) is 176 Å². The molecule has 0 aliphatic heterocycles. The molecule has 0 aliphatic carbocycles. The van der Waals surface area contributed by atoms with Crippen LogP contribution in [0, 0.1) is 0 Å². The van der Waals surface area contributed by atoms with Gasteiger partial charge in [-0.15, -0.1) is 11.3 Å². The van der Waals surface area contributed by atoms with Crippen molar-refractivity contribution < 1.29 is 0 Å². The molecule has 1 heterocycles. The zero-order valence-electron chi connectivity index (χ0n) is 33.9. The number of thiophene rings is 1. The average Bonchev–Trinajstić information content (AvgIpc) is 3.70. The van der Waals surface area contributed by atoms with Gasteiger partial charge >= 0.3 is 0 Å². The van der Waals surface area contributed by atoms with E-state index in [1.54, 1.807) is 0 Å². The molecule has 0 aliphatic rings. The third-order valence-corrected chi connectivity index (χ3v) is 12.6. The van der Waals surface area contributed by atoms with Crippen LogP contribution in [0.25, 0.3) is 91.9 Å². The van der Waals surface area contributed by atoms with E-state index < -0.39 is 0 Å². The minimum atomic E-state index is 1.08. The molecule has 0 atom stereocenters. The predicted molar refractivity (Wildman–Crippen MR) is 268 cm³/mol. The third kappa shape index (κ3) is 7.85. The molecule has 290 valence electrons. The number of rotatable bonds is 7. The molecule has 0 saturated heterocycles. The van der Waals surface area contributed by atoms with Crippen LogP contribution in [0.2, 0.25) is 0 Å². The highest BCUT2D eigenvalue weighted by Crippen LogP contribution is 2.38. The van der Waals surface area contributed by atoms with Crippen molar-refractivity contribution in [3.05, 3.63) is 236 Å². The van der Waals surface area contributed by atoms with Crippen molar-refractivity contribution in [2.75, 3.05) is 5.32 Å². The van der Waals surface area contributed by atoms with E-state index in [2.05, 4.69) is 236 Å². The minimum absolute atomic E-state index is 1.08. The van der Waals surface area contributed by atoms with Crippen LogP contribution >= 0.6 is 11.3 Å². The zero-order valence-corrected chi connectivity index (χ0v) is 34.7. The van der Waals surface area contributed by atoms with E-state index >= 15 is 0 Å². The monoisotopic (exact) mass is 797 g/mol. The third-order valence-electron chi connectivity index (χ3n) is 11.4. The molecule has 0 amide bonds. The molecule has 61 heavy (non-hydrogen) atoms. The SMILES string of the molecule is C/C=C\C=C/c1cc(-c2ccccc2)c2ccccc2c1.c1ccc2c(c1)cc(-c1ccc(Nc3ccc(-c4ccc5sc6ccccc6c5c4)cc3)cc1)c1ccccc12. The summed E-state index contributed by atoms with van der Waals surface area (Å²) in [6.07, 6.45) is 8.32. The summed E-state index contributed by atoms with van der Waals surface area (Å²) in [4.78, 5) is 0. The lowest BCUT2D eigenvalue weighted by atomic mass is 9.93. The number of nitrogens with one attached hydrogen (secondary N) is 1. The number of fused-ring (bicyclic) bond motifs is 7. The fourth-order valence-electron chi connectivity index (χ4n) is 8.41. The molecule has 0 unspecified atom stereocenters. The summed E-state index contributed by atoms with van der Waals surface area (Å²) < 4.78 is 2.68. The fraction of sp³-hybridized carbons (Fsp3) is 0.0169. The maximum atomic E-state index is 3.58. The van der Waals surface area contributed by atoms with Gasteiger partial charge in [-0.25, -0.2) is 0 Å². The smallest absolute Gasteiger partial charge is 0.0384 e. The molecule has 0 fully saturated rings. The molecule has 0 spiro atoms. The molecule has 2 heteroatoms. The van der Waals surface area contributed by atoms with Gasteiger partial charge in [0.05, 0.1) is 0 Å². The lowest BCUT2D eigenvalue weighted by Crippen LogP contribution is -1.91. The van der Waals surface area contributed by atoms with Gasteiger partial charge < -0.3 is 5.32 Å². The maximum absolute atomic E-state index is 3.58.